The van der Waals surface area contributed by atoms with Crippen LogP contribution in [0, 0.1) is 0 Å². The maximum absolute atomic E-state index is 5.43. The van der Waals surface area contributed by atoms with Crippen molar-refractivity contribution in [3.8, 4) is 17.2 Å². The van der Waals surface area contributed by atoms with Gasteiger partial charge < -0.3 is 29.3 Å². The molecule has 0 radical (unpaired) electrons. The first-order valence-corrected chi connectivity index (χ1v) is 10.0. The van der Waals surface area contributed by atoms with Crippen molar-refractivity contribution in [3.63, 3.8) is 0 Å². The molecule has 2 N–H and O–H groups in total. The monoisotopic (exact) mass is 543 g/mol. The lowest BCUT2D eigenvalue weighted by Gasteiger charge is -2.16. The average molecular weight is 543 g/mol. The van der Waals surface area contributed by atoms with Crippen LogP contribution in [-0.4, -0.2) is 33.8 Å². The minimum absolute atomic E-state index is 0. The van der Waals surface area contributed by atoms with Crippen molar-refractivity contribution in [2.24, 2.45) is 4.99 Å². The molecule has 30 heavy (non-hydrogen) atoms. The molecule has 0 atom stereocenters. The van der Waals surface area contributed by atoms with Crippen LogP contribution in [0.1, 0.15) is 10.6 Å². The third kappa shape index (κ3) is 6.56. The van der Waals surface area contributed by atoms with Gasteiger partial charge in [0.1, 0.15) is 5.76 Å². The molecule has 0 unspecified atom stereocenters. The molecule has 2 aromatic heterocycles. The van der Waals surface area contributed by atoms with Crippen LogP contribution in [0.4, 0.5) is 5.69 Å². The second kappa shape index (κ2) is 12.3. The van der Waals surface area contributed by atoms with E-state index in [0.29, 0.717) is 36.3 Å². The smallest absolute Gasteiger partial charge is 0.203 e. The van der Waals surface area contributed by atoms with Gasteiger partial charge in [0.05, 0.1) is 34.1 Å². The van der Waals surface area contributed by atoms with Gasteiger partial charge in [0.25, 0.3) is 0 Å². The van der Waals surface area contributed by atoms with E-state index in [1.54, 1.807) is 38.9 Å². The van der Waals surface area contributed by atoms with Crippen molar-refractivity contribution < 1.29 is 18.6 Å². The predicted octanol–water partition coefficient (Wildman–Crippen LogP) is 4.79. The SMILES string of the molecule is COc1cc(NC(=NCc2cccs2)NCCc2ccco2)cc(OC)c1OC.I. The standard InChI is InChI=1S/C21H25N3O4S.HI/c1-25-18-12-15(13-19(26-2)20(18)27-3)24-21(23-14-17-7-5-11-29-17)22-9-8-16-6-4-10-28-16;/h4-7,10-13H,8-9,14H2,1-3H3,(H2,22,23,24);1H. The summed E-state index contributed by atoms with van der Waals surface area (Å²) in [6.07, 6.45) is 2.43. The summed E-state index contributed by atoms with van der Waals surface area (Å²) in [4.78, 5) is 5.88. The van der Waals surface area contributed by atoms with Gasteiger partial charge >= 0.3 is 0 Å². The zero-order valence-corrected chi connectivity index (χ0v) is 20.3. The van der Waals surface area contributed by atoms with Gasteiger partial charge in [-0.2, -0.15) is 0 Å². The van der Waals surface area contributed by atoms with E-state index in [4.69, 9.17) is 23.6 Å². The molecule has 0 amide bonds. The van der Waals surface area contributed by atoms with E-state index in [9.17, 15) is 0 Å². The summed E-state index contributed by atoms with van der Waals surface area (Å²) < 4.78 is 21.6. The number of methoxy groups -OCH3 is 3. The molecule has 7 nitrogen and oxygen atoms in total. The minimum Gasteiger partial charge on any atom is -0.493 e. The van der Waals surface area contributed by atoms with Crippen molar-refractivity contribution in [2.45, 2.75) is 13.0 Å². The average Bonchev–Trinajstić information content (AvgIpc) is 3.45. The van der Waals surface area contributed by atoms with Gasteiger partial charge in [-0.25, -0.2) is 4.99 Å². The van der Waals surface area contributed by atoms with Gasteiger partial charge in [0, 0.05) is 35.7 Å². The van der Waals surface area contributed by atoms with Crippen LogP contribution in [0.15, 0.2) is 57.5 Å². The van der Waals surface area contributed by atoms with E-state index in [1.165, 1.54) is 4.88 Å². The van der Waals surface area contributed by atoms with Crippen molar-refractivity contribution in [1.29, 1.82) is 0 Å². The molecule has 9 heteroatoms. The molecule has 0 aliphatic carbocycles. The van der Waals surface area contributed by atoms with Crippen molar-refractivity contribution >= 4 is 47.0 Å². The number of thiophene rings is 1. The summed E-state index contributed by atoms with van der Waals surface area (Å²) >= 11 is 1.68. The fourth-order valence-electron chi connectivity index (χ4n) is 2.75. The number of furan rings is 1. The zero-order valence-electron chi connectivity index (χ0n) is 17.1. The van der Waals surface area contributed by atoms with Crippen LogP contribution < -0.4 is 24.8 Å². The molecule has 3 rings (SSSR count). The number of halogens is 1. The van der Waals surface area contributed by atoms with E-state index < -0.39 is 0 Å². The second-order valence-electron chi connectivity index (χ2n) is 6.04. The van der Waals surface area contributed by atoms with Gasteiger partial charge in [-0.15, -0.1) is 35.3 Å². The van der Waals surface area contributed by atoms with Crippen LogP contribution in [-0.2, 0) is 13.0 Å². The summed E-state index contributed by atoms with van der Waals surface area (Å²) in [5, 5.41) is 8.71. The molecule has 0 saturated carbocycles. The lowest BCUT2D eigenvalue weighted by Crippen LogP contribution is -2.32. The number of guanidine groups is 1. The first-order valence-electron chi connectivity index (χ1n) is 9.13. The van der Waals surface area contributed by atoms with Gasteiger partial charge in [-0.1, -0.05) is 6.07 Å². The fourth-order valence-corrected chi connectivity index (χ4v) is 3.38. The van der Waals surface area contributed by atoms with E-state index in [2.05, 4.69) is 16.7 Å². The first kappa shape index (κ1) is 23.9. The number of nitrogens with one attached hydrogen (secondary N) is 2. The van der Waals surface area contributed by atoms with E-state index in [-0.39, 0.29) is 24.0 Å². The highest BCUT2D eigenvalue weighted by Crippen LogP contribution is 2.39. The van der Waals surface area contributed by atoms with Crippen LogP contribution >= 0.6 is 35.3 Å². The molecule has 0 saturated heterocycles. The molecular weight excluding hydrogens is 517 g/mol. The third-order valence-electron chi connectivity index (χ3n) is 4.14. The molecule has 3 aromatic rings. The summed E-state index contributed by atoms with van der Waals surface area (Å²) in [5.41, 5.74) is 0.773. The summed E-state index contributed by atoms with van der Waals surface area (Å²) in [6.45, 7) is 1.26. The molecular formula is C21H26IN3O4S. The van der Waals surface area contributed by atoms with Crippen LogP contribution in [0.2, 0.25) is 0 Å². The normalized spacial score (nSPS) is 10.8. The van der Waals surface area contributed by atoms with Gasteiger partial charge in [0.2, 0.25) is 5.75 Å². The number of hydrogen-bond donors (Lipinski definition) is 2. The molecule has 1 aromatic carbocycles. The second-order valence-corrected chi connectivity index (χ2v) is 7.07. The fraction of sp³-hybridized carbons (Fsp3) is 0.286. The number of hydrogen-bond acceptors (Lipinski definition) is 6. The Balaban J connectivity index is 0.00000320. The predicted molar refractivity (Wildman–Crippen MR) is 131 cm³/mol. The topological polar surface area (TPSA) is 77.2 Å². The van der Waals surface area contributed by atoms with Crippen molar-refractivity contribution in [1.82, 2.24) is 5.32 Å². The summed E-state index contributed by atoms with van der Waals surface area (Å²) in [6, 6.07) is 11.6. The Hall–Kier alpha value is -2.40. The van der Waals surface area contributed by atoms with Crippen LogP contribution in [0.3, 0.4) is 0 Å². The Bertz CT molecular complexity index is 889. The minimum atomic E-state index is 0. The van der Waals surface area contributed by atoms with Crippen molar-refractivity contribution in [3.05, 3.63) is 58.7 Å². The highest BCUT2D eigenvalue weighted by atomic mass is 127. The molecule has 2 heterocycles. The number of anilines is 1. The lowest BCUT2D eigenvalue weighted by atomic mass is 10.2. The maximum Gasteiger partial charge on any atom is 0.203 e. The summed E-state index contributed by atoms with van der Waals surface area (Å²) in [5.74, 6) is 3.26. The first-order chi connectivity index (χ1) is 14.2. The number of ether oxygens (including phenoxy) is 3. The van der Waals surface area contributed by atoms with E-state index >= 15 is 0 Å². The number of nitrogens with zero attached hydrogens (tertiary/aromatic N) is 1. The molecule has 0 spiro atoms. The summed E-state index contributed by atoms with van der Waals surface area (Å²) in [7, 11) is 4.76. The van der Waals surface area contributed by atoms with E-state index in [0.717, 1.165) is 17.9 Å². The third-order valence-corrected chi connectivity index (χ3v) is 5.01. The molecule has 0 fully saturated rings. The number of aliphatic imine (C=N–C) groups is 1. The van der Waals surface area contributed by atoms with Crippen molar-refractivity contribution in [2.75, 3.05) is 33.2 Å². The Morgan fingerprint density at radius 3 is 2.40 bits per heavy atom. The highest BCUT2D eigenvalue weighted by Gasteiger charge is 2.14. The Morgan fingerprint density at radius 2 is 1.83 bits per heavy atom. The molecule has 0 aliphatic heterocycles. The molecule has 0 aliphatic rings. The highest BCUT2D eigenvalue weighted by molar-refractivity contribution is 14.0. The number of rotatable bonds is 9. The lowest BCUT2D eigenvalue weighted by molar-refractivity contribution is 0.324. The van der Waals surface area contributed by atoms with Gasteiger partial charge in [-0.05, 0) is 23.6 Å². The quantitative estimate of drug-likeness (QED) is 0.230. The maximum atomic E-state index is 5.43. The Labute approximate surface area is 197 Å². The van der Waals surface area contributed by atoms with Gasteiger partial charge in [-0.3, -0.25) is 0 Å². The largest absolute Gasteiger partial charge is 0.493 e. The number of benzene rings is 1. The van der Waals surface area contributed by atoms with Gasteiger partial charge in [0.15, 0.2) is 17.5 Å². The molecule has 0 bridgehead atoms. The van der Waals surface area contributed by atoms with Crippen LogP contribution in [0.25, 0.3) is 0 Å². The van der Waals surface area contributed by atoms with Crippen LogP contribution in [0.5, 0.6) is 17.2 Å². The van der Waals surface area contributed by atoms with E-state index in [1.807, 2.05) is 35.7 Å². The zero-order chi connectivity index (χ0) is 20.5. The molecule has 162 valence electrons. The Morgan fingerprint density at radius 1 is 1.07 bits per heavy atom. The Kier molecular flexibility index (Phi) is 9.81.